The first-order valence-corrected chi connectivity index (χ1v) is 9.14. The fourth-order valence-electron chi connectivity index (χ4n) is 3.01. The van der Waals surface area contributed by atoms with Crippen molar-refractivity contribution in [3.05, 3.63) is 77.9 Å². The van der Waals surface area contributed by atoms with Crippen molar-refractivity contribution in [3.63, 3.8) is 0 Å². The third-order valence-electron chi connectivity index (χ3n) is 4.42. The predicted molar refractivity (Wildman–Crippen MR) is 108 cm³/mol. The van der Waals surface area contributed by atoms with Gasteiger partial charge in [0.2, 0.25) is 11.4 Å². The van der Waals surface area contributed by atoms with E-state index >= 15 is 0 Å². The zero-order valence-corrected chi connectivity index (χ0v) is 16.2. The molecule has 0 saturated carbocycles. The molecule has 0 saturated heterocycles. The summed E-state index contributed by atoms with van der Waals surface area (Å²) in [7, 11) is 1.21. The summed E-state index contributed by atoms with van der Waals surface area (Å²) in [5.74, 6) is -1.61. The number of Topliss-reactive ketones (excluding diaryl/α,β-unsaturated/α-hetero) is 1. The van der Waals surface area contributed by atoms with Gasteiger partial charge in [-0.3, -0.25) is 9.59 Å². The van der Waals surface area contributed by atoms with E-state index in [0.717, 1.165) is 11.1 Å². The van der Waals surface area contributed by atoms with Crippen molar-refractivity contribution in [1.82, 2.24) is 5.32 Å². The van der Waals surface area contributed by atoms with E-state index in [4.69, 9.17) is 4.74 Å². The average Bonchev–Trinajstić information content (AvgIpc) is 2.71. The van der Waals surface area contributed by atoms with E-state index in [-0.39, 0.29) is 18.6 Å². The molecular weight excluding hydrogens is 354 g/mol. The highest BCUT2D eigenvalue weighted by atomic mass is 16.5. The van der Waals surface area contributed by atoms with Crippen molar-refractivity contribution in [2.24, 2.45) is 0 Å². The number of carbonyl (C=O) groups excluding carboxylic acids is 3. The molecule has 2 aromatic rings. The fourth-order valence-corrected chi connectivity index (χ4v) is 3.01. The number of nitrogens with one attached hydrogen (secondary N) is 1. The van der Waals surface area contributed by atoms with Gasteiger partial charge < -0.3 is 10.1 Å². The predicted octanol–water partition coefficient (Wildman–Crippen LogP) is 3.34. The molecule has 146 valence electrons. The molecular formula is C23H25NO4. The number of ketones is 1. The maximum atomic E-state index is 13.1. The second kappa shape index (κ2) is 10.2. The Morgan fingerprint density at radius 3 is 2.18 bits per heavy atom. The molecule has 2 aromatic carbocycles. The number of aryl methyl sites for hydroxylation is 1. The van der Waals surface area contributed by atoms with Gasteiger partial charge in [-0.05, 0) is 17.5 Å². The van der Waals surface area contributed by atoms with E-state index in [2.05, 4.69) is 5.32 Å². The van der Waals surface area contributed by atoms with Crippen molar-refractivity contribution in [1.29, 1.82) is 0 Å². The second-order valence-corrected chi connectivity index (χ2v) is 6.50. The van der Waals surface area contributed by atoms with Gasteiger partial charge in [-0.2, -0.15) is 0 Å². The van der Waals surface area contributed by atoms with Crippen molar-refractivity contribution < 1.29 is 19.1 Å². The lowest BCUT2D eigenvalue weighted by Crippen LogP contribution is -2.60. The maximum absolute atomic E-state index is 13.1. The SMILES string of the molecule is COC(=O)[C@](C/C=C\c1ccccc1)(NC(C)=O)C(=O)CCc1ccccc1. The van der Waals surface area contributed by atoms with Crippen LogP contribution in [0.3, 0.4) is 0 Å². The zero-order valence-electron chi connectivity index (χ0n) is 16.2. The molecule has 0 heterocycles. The Hall–Kier alpha value is -3.21. The first kappa shape index (κ1) is 21.1. The van der Waals surface area contributed by atoms with E-state index in [1.165, 1.54) is 14.0 Å². The quantitative estimate of drug-likeness (QED) is 0.536. The summed E-state index contributed by atoms with van der Waals surface area (Å²) in [4.78, 5) is 37.4. The van der Waals surface area contributed by atoms with E-state index in [1.807, 2.05) is 66.7 Å². The first-order valence-electron chi connectivity index (χ1n) is 9.14. The molecule has 1 N–H and O–H groups in total. The number of hydrogen-bond donors (Lipinski definition) is 1. The van der Waals surface area contributed by atoms with E-state index in [1.54, 1.807) is 6.08 Å². The van der Waals surface area contributed by atoms with Crippen LogP contribution in [0.4, 0.5) is 0 Å². The van der Waals surface area contributed by atoms with Crippen LogP contribution in [0.2, 0.25) is 0 Å². The van der Waals surface area contributed by atoms with E-state index in [9.17, 15) is 14.4 Å². The molecule has 0 fully saturated rings. The Morgan fingerprint density at radius 1 is 1.00 bits per heavy atom. The van der Waals surface area contributed by atoms with Gasteiger partial charge >= 0.3 is 5.97 Å². The number of hydrogen-bond acceptors (Lipinski definition) is 4. The van der Waals surface area contributed by atoms with Crippen LogP contribution in [0, 0.1) is 0 Å². The van der Waals surface area contributed by atoms with Gasteiger partial charge in [-0.1, -0.05) is 72.8 Å². The van der Waals surface area contributed by atoms with Crippen LogP contribution in [-0.4, -0.2) is 30.3 Å². The molecule has 0 spiro atoms. The summed E-state index contributed by atoms with van der Waals surface area (Å²) >= 11 is 0. The van der Waals surface area contributed by atoms with Crippen molar-refractivity contribution in [3.8, 4) is 0 Å². The maximum Gasteiger partial charge on any atom is 0.339 e. The highest BCUT2D eigenvalue weighted by Gasteiger charge is 2.46. The number of ether oxygens (including phenoxy) is 1. The van der Waals surface area contributed by atoms with Crippen LogP contribution in [0.15, 0.2) is 66.7 Å². The smallest absolute Gasteiger partial charge is 0.339 e. The van der Waals surface area contributed by atoms with Crippen LogP contribution in [0.1, 0.15) is 30.9 Å². The molecule has 5 nitrogen and oxygen atoms in total. The molecule has 28 heavy (non-hydrogen) atoms. The van der Waals surface area contributed by atoms with Crippen molar-refractivity contribution >= 4 is 23.7 Å². The minimum absolute atomic E-state index is 0.0156. The Bertz CT molecular complexity index is 830. The van der Waals surface area contributed by atoms with Gasteiger partial charge in [0.15, 0.2) is 5.78 Å². The molecule has 0 aliphatic heterocycles. The Labute approximate surface area is 165 Å². The number of methoxy groups -OCH3 is 1. The summed E-state index contributed by atoms with van der Waals surface area (Å²) in [6.07, 6.45) is 4.12. The van der Waals surface area contributed by atoms with Gasteiger partial charge in [0.25, 0.3) is 0 Å². The lowest BCUT2D eigenvalue weighted by molar-refractivity contribution is -0.155. The van der Waals surface area contributed by atoms with Gasteiger partial charge in [-0.15, -0.1) is 0 Å². The topological polar surface area (TPSA) is 72.5 Å². The summed E-state index contributed by atoms with van der Waals surface area (Å²) in [5, 5.41) is 2.55. The normalized spacial score (nSPS) is 12.9. The largest absolute Gasteiger partial charge is 0.467 e. The van der Waals surface area contributed by atoms with Crippen LogP contribution in [0.5, 0.6) is 0 Å². The summed E-state index contributed by atoms with van der Waals surface area (Å²) < 4.78 is 4.88. The summed E-state index contributed by atoms with van der Waals surface area (Å²) in [6, 6.07) is 19.0. The molecule has 0 aliphatic carbocycles. The van der Waals surface area contributed by atoms with Crippen molar-refractivity contribution in [2.45, 2.75) is 31.7 Å². The zero-order chi connectivity index (χ0) is 20.4. The molecule has 0 unspecified atom stereocenters. The van der Waals surface area contributed by atoms with Gasteiger partial charge in [0.05, 0.1) is 7.11 Å². The summed E-state index contributed by atoms with van der Waals surface area (Å²) in [6.45, 7) is 1.28. The highest BCUT2D eigenvalue weighted by Crippen LogP contribution is 2.20. The van der Waals surface area contributed by atoms with Crippen LogP contribution in [-0.2, 0) is 25.5 Å². The molecule has 0 aromatic heterocycles. The Morgan fingerprint density at radius 2 is 1.61 bits per heavy atom. The standard InChI is InChI=1S/C23H25NO4/c1-18(25)24-23(22(27)28-2,17-9-14-19-10-5-3-6-11-19)21(26)16-15-20-12-7-4-8-13-20/h3-14H,15-17H2,1-2H3,(H,24,25)/b14-9-/t23-/m1/s1. The van der Waals surface area contributed by atoms with Gasteiger partial charge in [0.1, 0.15) is 0 Å². The molecule has 1 atom stereocenters. The number of esters is 1. The molecule has 2 rings (SSSR count). The molecule has 5 heteroatoms. The third kappa shape index (κ3) is 5.64. The van der Waals surface area contributed by atoms with E-state index < -0.39 is 17.4 Å². The molecule has 0 radical (unpaired) electrons. The third-order valence-corrected chi connectivity index (χ3v) is 4.42. The Balaban J connectivity index is 2.24. The minimum Gasteiger partial charge on any atom is -0.467 e. The molecule has 1 amide bonds. The molecule has 0 aliphatic rings. The van der Waals surface area contributed by atoms with Crippen molar-refractivity contribution in [2.75, 3.05) is 7.11 Å². The van der Waals surface area contributed by atoms with E-state index in [0.29, 0.717) is 6.42 Å². The van der Waals surface area contributed by atoms with Crippen LogP contribution in [0.25, 0.3) is 6.08 Å². The number of amides is 1. The monoisotopic (exact) mass is 379 g/mol. The lowest BCUT2D eigenvalue weighted by Gasteiger charge is -2.29. The number of carbonyl (C=O) groups is 3. The highest BCUT2D eigenvalue weighted by molar-refractivity contribution is 6.11. The Kier molecular flexibility index (Phi) is 7.69. The fraction of sp³-hybridized carbons (Fsp3) is 0.261. The first-order chi connectivity index (χ1) is 13.5. The molecule has 0 bridgehead atoms. The van der Waals surface area contributed by atoms with Crippen LogP contribution < -0.4 is 5.32 Å². The van der Waals surface area contributed by atoms with Crippen LogP contribution >= 0.6 is 0 Å². The average molecular weight is 379 g/mol. The minimum atomic E-state index is -1.74. The number of benzene rings is 2. The van der Waals surface area contributed by atoms with Gasteiger partial charge in [0, 0.05) is 19.8 Å². The summed E-state index contributed by atoms with van der Waals surface area (Å²) in [5.41, 5.74) is 0.179. The van der Waals surface area contributed by atoms with Gasteiger partial charge in [-0.25, -0.2) is 4.79 Å². The second-order valence-electron chi connectivity index (χ2n) is 6.50. The number of rotatable bonds is 9. The lowest BCUT2D eigenvalue weighted by atomic mass is 9.86.